The van der Waals surface area contributed by atoms with Crippen LogP contribution in [0.5, 0.6) is 0 Å². The second kappa shape index (κ2) is 9.27. The average Bonchev–Trinajstić information content (AvgIpc) is 1.97. The first-order valence-corrected chi connectivity index (χ1v) is 4.99. The Kier molecular flexibility index (Phi) is 9.52. The highest BCUT2D eigenvalue weighted by Gasteiger charge is 1.85. The molecule has 0 atom stereocenters. The molecule has 3 heteroatoms. The topological polar surface area (TPSA) is 21.3 Å². The summed E-state index contributed by atoms with van der Waals surface area (Å²) in [6.07, 6.45) is 3.24. The number of hydrogen-bond acceptors (Lipinski definition) is 3. The molecular weight excluding hydrogens is 146 g/mol. The highest BCUT2D eigenvalue weighted by molar-refractivity contribution is 7.98. The first kappa shape index (κ1) is 10.3. The normalized spacial score (nSPS) is 10.2. The van der Waals surface area contributed by atoms with E-state index >= 15 is 0 Å². The molecule has 0 rings (SSSR count). The molecule has 0 aromatic carbocycles. The SMILES string of the molecule is COCCCNCCSC. The zero-order chi connectivity index (χ0) is 7.66. The van der Waals surface area contributed by atoms with Gasteiger partial charge in [-0.1, -0.05) is 0 Å². The lowest BCUT2D eigenvalue weighted by molar-refractivity contribution is 0.194. The van der Waals surface area contributed by atoms with E-state index in [1.165, 1.54) is 5.75 Å². The van der Waals surface area contributed by atoms with Crippen LogP contribution in [0.2, 0.25) is 0 Å². The summed E-state index contributed by atoms with van der Waals surface area (Å²) in [4.78, 5) is 0. The second-order valence-electron chi connectivity index (χ2n) is 2.09. The van der Waals surface area contributed by atoms with Crippen molar-refractivity contribution in [1.82, 2.24) is 5.32 Å². The van der Waals surface area contributed by atoms with Gasteiger partial charge in [0, 0.05) is 26.0 Å². The van der Waals surface area contributed by atoms with Crippen LogP contribution in [-0.4, -0.2) is 38.8 Å². The lowest BCUT2D eigenvalue weighted by Crippen LogP contribution is -2.19. The summed E-state index contributed by atoms with van der Waals surface area (Å²) in [6, 6.07) is 0. The Labute approximate surface area is 67.7 Å². The molecule has 0 spiro atoms. The molecule has 0 aromatic rings. The van der Waals surface area contributed by atoms with Gasteiger partial charge in [-0.3, -0.25) is 0 Å². The van der Waals surface area contributed by atoms with Crippen molar-refractivity contribution in [3.8, 4) is 0 Å². The molecule has 0 heterocycles. The number of ether oxygens (including phenoxy) is 1. The summed E-state index contributed by atoms with van der Waals surface area (Å²) in [5.41, 5.74) is 0. The van der Waals surface area contributed by atoms with Gasteiger partial charge in [-0.15, -0.1) is 0 Å². The molecular formula is C7H17NOS. The van der Waals surface area contributed by atoms with Crippen LogP contribution in [-0.2, 0) is 4.74 Å². The Morgan fingerprint density at radius 1 is 1.40 bits per heavy atom. The van der Waals surface area contributed by atoms with Crippen molar-refractivity contribution in [3.05, 3.63) is 0 Å². The Hall–Kier alpha value is 0.270. The lowest BCUT2D eigenvalue weighted by Gasteiger charge is -2.01. The highest BCUT2D eigenvalue weighted by Crippen LogP contribution is 1.87. The van der Waals surface area contributed by atoms with Crippen molar-refractivity contribution < 1.29 is 4.74 Å². The van der Waals surface area contributed by atoms with Crippen LogP contribution in [0.15, 0.2) is 0 Å². The zero-order valence-corrected chi connectivity index (χ0v) is 7.67. The first-order chi connectivity index (χ1) is 4.91. The van der Waals surface area contributed by atoms with Crippen LogP contribution in [0.3, 0.4) is 0 Å². The Bertz CT molecular complexity index is 53.6. The summed E-state index contributed by atoms with van der Waals surface area (Å²) in [5, 5.41) is 3.32. The molecule has 0 aromatic heterocycles. The van der Waals surface area contributed by atoms with Gasteiger partial charge in [0.05, 0.1) is 0 Å². The van der Waals surface area contributed by atoms with E-state index in [-0.39, 0.29) is 0 Å². The lowest BCUT2D eigenvalue weighted by atomic mass is 10.4. The van der Waals surface area contributed by atoms with E-state index in [9.17, 15) is 0 Å². The molecule has 0 saturated carbocycles. The summed E-state index contributed by atoms with van der Waals surface area (Å²) in [5.74, 6) is 1.20. The molecule has 0 amide bonds. The minimum absolute atomic E-state index is 0.867. The molecule has 0 unspecified atom stereocenters. The van der Waals surface area contributed by atoms with E-state index < -0.39 is 0 Å². The summed E-state index contributed by atoms with van der Waals surface area (Å²) in [7, 11) is 1.74. The van der Waals surface area contributed by atoms with Gasteiger partial charge in [0.1, 0.15) is 0 Å². The van der Waals surface area contributed by atoms with Gasteiger partial charge < -0.3 is 10.1 Å². The third kappa shape index (κ3) is 8.27. The van der Waals surface area contributed by atoms with Crippen LogP contribution >= 0.6 is 11.8 Å². The van der Waals surface area contributed by atoms with E-state index in [0.717, 1.165) is 26.1 Å². The van der Waals surface area contributed by atoms with Crippen LogP contribution < -0.4 is 5.32 Å². The number of thioether (sulfide) groups is 1. The van der Waals surface area contributed by atoms with Crippen molar-refractivity contribution in [1.29, 1.82) is 0 Å². The minimum Gasteiger partial charge on any atom is -0.385 e. The Morgan fingerprint density at radius 2 is 2.20 bits per heavy atom. The number of nitrogens with one attached hydrogen (secondary N) is 1. The standard InChI is InChI=1S/C7H17NOS/c1-9-6-3-4-8-5-7-10-2/h8H,3-7H2,1-2H3. The predicted molar refractivity (Wildman–Crippen MR) is 47.7 cm³/mol. The van der Waals surface area contributed by atoms with Gasteiger partial charge in [0.2, 0.25) is 0 Å². The van der Waals surface area contributed by atoms with Crippen molar-refractivity contribution in [2.75, 3.05) is 38.8 Å². The number of hydrogen-bond donors (Lipinski definition) is 1. The van der Waals surface area contributed by atoms with Gasteiger partial charge in [0.15, 0.2) is 0 Å². The molecule has 0 bridgehead atoms. The van der Waals surface area contributed by atoms with Gasteiger partial charge in [-0.2, -0.15) is 11.8 Å². The first-order valence-electron chi connectivity index (χ1n) is 3.60. The molecule has 0 aliphatic rings. The molecule has 62 valence electrons. The van der Waals surface area contributed by atoms with E-state index in [1.807, 2.05) is 11.8 Å². The largest absolute Gasteiger partial charge is 0.385 e. The van der Waals surface area contributed by atoms with Crippen molar-refractivity contribution in [2.24, 2.45) is 0 Å². The molecule has 0 fully saturated rings. The third-order valence-corrected chi connectivity index (χ3v) is 1.80. The van der Waals surface area contributed by atoms with Crippen LogP contribution in [0.4, 0.5) is 0 Å². The third-order valence-electron chi connectivity index (χ3n) is 1.18. The van der Waals surface area contributed by atoms with Crippen LogP contribution in [0.25, 0.3) is 0 Å². The maximum Gasteiger partial charge on any atom is 0.0474 e. The smallest absolute Gasteiger partial charge is 0.0474 e. The quantitative estimate of drug-likeness (QED) is 0.565. The molecule has 0 radical (unpaired) electrons. The molecule has 0 aliphatic carbocycles. The minimum atomic E-state index is 0.867. The Balaban J connectivity index is 2.65. The fourth-order valence-electron chi connectivity index (χ4n) is 0.641. The molecule has 0 aliphatic heterocycles. The predicted octanol–water partition coefficient (Wildman–Crippen LogP) is 0.975. The van der Waals surface area contributed by atoms with Gasteiger partial charge in [-0.05, 0) is 19.2 Å². The summed E-state index contributed by atoms with van der Waals surface area (Å²) >= 11 is 1.87. The molecule has 1 N–H and O–H groups in total. The van der Waals surface area contributed by atoms with Crippen LogP contribution in [0.1, 0.15) is 6.42 Å². The fourth-order valence-corrected chi connectivity index (χ4v) is 0.989. The molecule has 0 saturated heterocycles. The summed E-state index contributed by atoms with van der Waals surface area (Å²) in [6.45, 7) is 3.06. The van der Waals surface area contributed by atoms with Crippen molar-refractivity contribution in [2.45, 2.75) is 6.42 Å². The molecule has 10 heavy (non-hydrogen) atoms. The van der Waals surface area contributed by atoms with E-state index in [2.05, 4.69) is 11.6 Å². The van der Waals surface area contributed by atoms with Crippen molar-refractivity contribution in [3.63, 3.8) is 0 Å². The zero-order valence-electron chi connectivity index (χ0n) is 6.85. The second-order valence-corrected chi connectivity index (χ2v) is 3.07. The number of methoxy groups -OCH3 is 1. The highest BCUT2D eigenvalue weighted by atomic mass is 32.2. The fraction of sp³-hybridized carbons (Fsp3) is 1.00. The maximum atomic E-state index is 4.90. The van der Waals surface area contributed by atoms with Crippen LogP contribution in [0, 0.1) is 0 Å². The van der Waals surface area contributed by atoms with E-state index in [4.69, 9.17) is 4.74 Å². The average molecular weight is 163 g/mol. The van der Waals surface area contributed by atoms with Gasteiger partial charge in [-0.25, -0.2) is 0 Å². The molecule has 2 nitrogen and oxygen atoms in total. The van der Waals surface area contributed by atoms with E-state index in [0.29, 0.717) is 0 Å². The van der Waals surface area contributed by atoms with Gasteiger partial charge >= 0.3 is 0 Å². The van der Waals surface area contributed by atoms with E-state index in [1.54, 1.807) is 7.11 Å². The number of rotatable bonds is 7. The van der Waals surface area contributed by atoms with Crippen molar-refractivity contribution >= 4 is 11.8 Å². The van der Waals surface area contributed by atoms with Gasteiger partial charge in [0.25, 0.3) is 0 Å². The maximum absolute atomic E-state index is 4.90. The summed E-state index contributed by atoms with van der Waals surface area (Å²) < 4.78 is 4.90. The Morgan fingerprint density at radius 3 is 2.80 bits per heavy atom. The monoisotopic (exact) mass is 163 g/mol.